The summed E-state index contributed by atoms with van der Waals surface area (Å²) in [5, 5.41) is 11.5. The molecule has 1 aromatic heterocycles. The zero-order valence-corrected chi connectivity index (χ0v) is 17.2. The van der Waals surface area contributed by atoms with Crippen LogP contribution in [0, 0.1) is 0 Å². The molecule has 28 heavy (non-hydrogen) atoms. The fourth-order valence-electron chi connectivity index (χ4n) is 4.92. The molecule has 1 aliphatic carbocycles. The van der Waals surface area contributed by atoms with E-state index in [1.165, 1.54) is 38.6 Å². The van der Waals surface area contributed by atoms with Gasteiger partial charge in [0.2, 0.25) is 0 Å². The van der Waals surface area contributed by atoms with Crippen LogP contribution in [0.25, 0.3) is 0 Å². The van der Waals surface area contributed by atoms with Crippen molar-refractivity contribution in [1.82, 2.24) is 29.9 Å². The van der Waals surface area contributed by atoms with E-state index in [9.17, 15) is 4.79 Å². The van der Waals surface area contributed by atoms with E-state index in [-0.39, 0.29) is 5.69 Å². The molecule has 1 saturated heterocycles. The lowest BCUT2D eigenvalue weighted by Gasteiger charge is -2.24. The van der Waals surface area contributed by atoms with Gasteiger partial charge >= 0.3 is 5.69 Å². The smallest absolute Gasteiger partial charge is 0.345 e. The molecule has 1 saturated carbocycles. The molecule has 8 heteroatoms. The van der Waals surface area contributed by atoms with Crippen LogP contribution in [-0.4, -0.2) is 64.0 Å². The van der Waals surface area contributed by atoms with Gasteiger partial charge in [0.1, 0.15) is 5.82 Å². The quantitative estimate of drug-likeness (QED) is 0.430. The van der Waals surface area contributed by atoms with Crippen molar-refractivity contribution in [2.75, 3.05) is 26.7 Å². The Bertz CT molecular complexity index is 731. The molecule has 0 radical (unpaired) electrons. The van der Waals surface area contributed by atoms with Crippen molar-refractivity contribution in [3.63, 3.8) is 0 Å². The topological polar surface area (TPSA) is 79.5 Å². The van der Waals surface area contributed by atoms with E-state index in [0.717, 1.165) is 63.1 Å². The van der Waals surface area contributed by atoms with Crippen LogP contribution in [0.1, 0.15) is 57.2 Å². The highest BCUT2D eigenvalue weighted by Gasteiger charge is 2.30. The van der Waals surface area contributed by atoms with Gasteiger partial charge in [-0.05, 0) is 38.5 Å². The first-order chi connectivity index (χ1) is 13.7. The SMILES string of the molecule is CN=C(NCCCn1nc2n(c1=O)CCCC2)NC1CCN(C2CCCC2)C1. The van der Waals surface area contributed by atoms with Crippen LogP contribution in [0.4, 0.5) is 0 Å². The number of rotatable bonds is 6. The van der Waals surface area contributed by atoms with Crippen LogP contribution in [0.2, 0.25) is 0 Å². The standard InChI is InChI=1S/C20H35N7O/c1-21-19(23-16-10-14-25(15-16)17-7-2-3-8-17)22-11-6-13-27-20(28)26-12-5-4-9-18(26)24-27/h16-17H,2-15H2,1H3,(H2,21,22,23). The second-order valence-electron chi connectivity index (χ2n) is 8.45. The van der Waals surface area contributed by atoms with E-state index in [1.54, 1.807) is 4.68 Å². The van der Waals surface area contributed by atoms with Crippen molar-refractivity contribution < 1.29 is 0 Å². The maximum atomic E-state index is 12.4. The van der Waals surface area contributed by atoms with Crippen molar-refractivity contribution >= 4 is 5.96 Å². The third kappa shape index (κ3) is 4.42. The minimum atomic E-state index is 0.0511. The fourth-order valence-corrected chi connectivity index (χ4v) is 4.92. The van der Waals surface area contributed by atoms with Gasteiger partial charge in [0.15, 0.2) is 5.96 Å². The molecule has 0 aromatic carbocycles. The predicted molar refractivity (Wildman–Crippen MR) is 111 cm³/mol. The molecule has 156 valence electrons. The molecule has 2 fully saturated rings. The second-order valence-corrected chi connectivity index (χ2v) is 8.45. The van der Waals surface area contributed by atoms with Gasteiger partial charge in [-0.25, -0.2) is 9.48 Å². The minimum Gasteiger partial charge on any atom is -0.356 e. The molecule has 3 heterocycles. The Balaban J connectivity index is 1.19. The second kappa shape index (κ2) is 9.11. The number of hydrogen-bond acceptors (Lipinski definition) is 4. The summed E-state index contributed by atoms with van der Waals surface area (Å²) < 4.78 is 3.47. The molecule has 0 spiro atoms. The Labute approximate surface area is 167 Å². The van der Waals surface area contributed by atoms with Gasteiger partial charge in [-0.15, -0.1) is 0 Å². The van der Waals surface area contributed by atoms with Crippen molar-refractivity contribution in [2.24, 2.45) is 4.99 Å². The molecule has 8 nitrogen and oxygen atoms in total. The molecule has 2 aliphatic heterocycles. The van der Waals surface area contributed by atoms with Crippen LogP contribution in [0.5, 0.6) is 0 Å². The zero-order valence-electron chi connectivity index (χ0n) is 17.2. The Hall–Kier alpha value is -1.83. The lowest BCUT2D eigenvalue weighted by molar-refractivity contribution is 0.242. The highest BCUT2D eigenvalue weighted by molar-refractivity contribution is 5.79. The van der Waals surface area contributed by atoms with Crippen LogP contribution in [0.3, 0.4) is 0 Å². The van der Waals surface area contributed by atoms with Gasteiger partial charge in [0.05, 0.1) is 0 Å². The monoisotopic (exact) mass is 389 g/mol. The number of aromatic nitrogens is 3. The Morgan fingerprint density at radius 3 is 2.82 bits per heavy atom. The Morgan fingerprint density at radius 1 is 1.18 bits per heavy atom. The fraction of sp³-hybridized carbons (Fsp3) is 0.850. The molecule has 4 rings (SSSR count). The molecule has 1 atom stereocenters. The number of aryl methyl sites for hydroxylation is 2. The Morgan fingerprint density at radius 2 is 2.04 bits per heavy atom. The lowest BCUT2D eigenvalue weighted by atomic mass is 10.2. The van der Waals surface area contributed by atoms with E-state index in [2.05, 4.69) is 25.6 Å². The highest BCUT2D eigenvalue weighted by Crippen LogP contribution is 2.26. The lowest BCUT2D eigenvalue weighted by Crippen LogP contribution is -2.45. The van der Waals surface area contributed by atoms with E-state index < -0.39 is 0 Å². The third-order valence-electron chi connectivity index (χ3n) is 6.50. The maximum absolute atomic E-state index is 12.4. The average Bonchev–Trinajstić information content (AvgIpc) is 3.45. The number of guanidine groups is 1. The maximum Gasteiger partial charge on any atom is 0.345 e. The van der Waals surface area contributed by atoms with Crippen molar-refractivity contribution in [3.05, 3.63) is 16.3 Å². The van der Waals surface area contributed by atoms with E-state index >= 15 is 0 Å². The number of hydrogen-bond donors (Lipinski definition) is 2. The summed E-state index contributed by atoms with van der Waals surface area (Å²) in [4.78, 5) is 19.4. The zero-order chi connectivity index (χ0) is 19.3. The van der Waals surface area contributed by atoms with Gasteiger partial charge < -0.3 is 10.6 Å². The first kappa shape index (κ1) is 19.5. The summed E-state index contributed by atoms with van der Waals surface area (Å²) in [6.45, 7) is 4.59. The van der Waals surface area contributed by atoms with Crippen molar-refractivity contribution in [2.45, 2.75) is 83.0 Å². The molecule has 0 bridgehead atoms. The number of fused-ring (bicyclic) bond motifs is 1. The largest absolute Gasteiger partial charge is 0.356 e. The minimum absolute atomic E-state index is 0.0511. The van der Waals surface area contributed by atoms with E-state index in [4.69, 9.17) is 0 Å². The molecule has 0 amide bonds. The number of nitrogens with one attached hydrogen (secondary N) is 2. The predicted octanol–water partition coefficient (Wildman–Crippen LogP) is 0.953. The van der Waals surface area contributed by atoms with Gasteiger partial charge in [-0.1, -0.05) is 12.8 Å². The Kier molecular flexibility index (Phi) is 6.34. The first-order valence-electron chi connectivity index (χ1n) is 11.1. The summed E-state index contributed by atoms with van der Waals surface area (Å²) in [7, 11) is 1.83. The average molecular weight is 390 g/mol. The van der Waals surface area contributed by atoms with Gasteiger partial charge in [0.25, 0.3) is 0 Å². The van der Waals surface area contributed by atoms with Crippen LogP contribution in [-0.2, 0) is 19.5 Å². The third-order valence-corrected chi connectivity index (χ3v) is 6.50. The molecule has 2 N–H and O–H groups in total. The first-order valence-corrected chi connectivity index (χ1v) is 11.1. The summed E-state index contributed by atoms with van der Waals surface area (Å²) >= 11 is 0. The van der Waals surface area contributed by atoms with E-state index in [1.807, 2.05) is 11.6 Å². The summed E-state index contributed by atoms with van der Waals surface area (Å²) in [5.74, 6) is 1.82. The normalized spacial score (nSPS) is 23.9. The molecule has 3 aliphatic rings. The van der Waals surface area contributed by atoms with Gasteiger partial charge in [-0.2, -0.15) is 5.10 Å². The van der Waals surface area contributed by atoms with E-state index in [0.29, 0.717) is 12.6 Å². The molecular weight excluding hydrogens is 354 g/mol. The number of nitrogens with zero attached hydrogens (tertiary/aromatic N) is 5. The molecule has 1 unspecified atom stereocenters. The highest BCUT2D eigenvalue weighted by atomic mass is 16.2. The number of likely N-dealkylation sites (tertiary alicyclic amines) is 1. The summed E-state index contributed by atoms with van der Waals surface area (Å²) in [5.41, 5.74) is 0.0511. The van der Waals surface area contributed by atoms with Crippen LogP contribution in [0.15, 0.2) is 9.79 Å². The molecular formula is C20H35N7O. The summed E-state index contributed by atoms with van der Waals surface area (Å²) in [6, 6.07) is 1.29. The molecule has 1 aromatic rings. The van der Waals surface area contributed by atoms with Crippen molar-refractivity contribution in [3.8, 4) is 0 Å². The van der Waals surface area contributed by atoms with Gasteiger partial charge in [-0.3, -0.25) is 14.5 Å². The van der Waals surface area contributed by atoms with Crippen LogP contribution < -0.4 is 16.3 Å². The summed E-state index contributed by atoms with van der Waals surface area (Å²) in [6.07, 6.45) is 10.7. The van der Waals surface area contributed by atoms with Gasteiger partial charge in [0, 0.05) is 58.3 Å². The van der Waals surface area contributed by atoms with Crippen LogP contribution >= 0.6 is 0 Å². The van der Waals surface area contributed by atoms with Crippen molar-refractivity contribution in [1.29, 1.82) is 0 Å². The number of aliphatic imine (C=N–C) groups is 1.